The summed E-state index contributed by atoms with van der Waals surface area (Å²) in [4.78, 5) is 9.02. The van der Waals surface area contributed by atoms with Crippen LogP contribution < -0.4 is 61.1 Å². The zero-order valence-electron chi connectivity index (χ0n) is 65.3. The van der Waals surface area contributed by atoms with Gasteiger partial charge in [-0.3, -0.25) is 0 Å². The van der Waals surface area contributed by atoms with E-state index in [1.54, 1.807) is 0 Å². The Labute approximate surface area is 619 Å². The van der Waals surface area contributed by atoms with Crippen LogP contribution in [-0.4, -0.2) is 60.5 Å². The van der Waals surface area contributed by atoms with Crippen LogP contribution in [0.3, 0.4) is 0 Å². The zero-order chi connectivity index (χ0) is 73.8. The molecule has 0 aromatic heterocycles. The van der Waals surface area contributed by atoms with E-state index in [-0.39, 0.29) is 0 Å². The second-order valence-electron chi connectivity index (χ2n) is 30.6. The average molecular weight is 1410 g/mol. The van der Waals surface area contributed by atoms with E-state index in [2.05, 4.69) is 448 Å². The molecule has 0 atom stereocenters. The van der Waals surface area contributed by atoms with Gasteiger partial charge >= 0.3 is 0 Å². The van der Waals surface area contributed by atoms with Crippen molar-refractivity contribution in [2.75, 3.05) is 47.8 Å². The molecule has 0 saturated heterocycles. The second-order valence-corrected chi connectivity index (χ2v) is 48.2. The highest BCUT2D eigenvalue weighted by molar-refractivity contribution is 7.02. The summed E-state index contributed by atoms with van der Waals surface area (Å²) in [5.74, 6) is 0. The summed E-state index contributed by atoms with van der Waals surface area (Å²) in [6.07, 6.45) is 0. The van der Waals surface area contributed by atoms with Crippen molar-refractivity contribution in [3.63, 3.8) is 0 Å². The van der Waals surface area contributed by atoms with Crippen molar-refractivity contribution < 1.29 is 0 Å². The molecule has 0 heterocycles. The van der Waals surface area contributed by atoms with E-state index in [1.165, 1.54) is 143 Å². The molecule has 524 valence electrons. The number of benzene rings is 12. The summed E-state index contributed by atoms with van der Waals surface area (Å²) < 4.78 is 0. The molecule has 0 fully saturated rings. The Morgan fingerprint density at radius 2 is 0.402 bits per heavy atom. The van der Waals surface area contributed by atoms with Gasteiger partial charge in [0.1, 0.15) is 32.3 Å². The molecule has 0 radical (unpaired) electrons. The van der Waals surface area contributed by atoms with Crippen molar-refractivity contribution in [1.29, 1.82) is 0 Å². The van der Waals surface area contributed by atoms with Gasteiger partial charge in [0.05, 0.1) is 0 Å². The van der Waals surface area contributed by atoms with E-state index in [9.17, 15) is 0 Å². The predicted molar refractivity (Wildman–Crippen MR) is 464 cm³/mol. The molecular weight excluding hydrogens is 1300 g/mol. The summed E-state index contributed by atoms with van der Waals surface area (Å²) in [6.45, 7) is 40.9. The Morgan fingerprint density at radius 3 is 0.686 bits per heavy atom. The summed E-state index contributed by atoms with van der Waals surface area (Å²) >= 11 is 0. The molecule has 0 N–H and O–H groups in total. The number of hydrogen-bond acceptors (Lipinski definition) is 4. The maximum atomic E-state index is 2.43. The molecule has 12 rings (SSSR count). The molecule has 0 aliphatic rings. The van der Waals surface area contributed by atoms with Gasteiger partial charge in [-0.1, -0.05) is 315 Å². The van der Waals surface area contributed by atoms with E-state index in [0.29, 0.717) is 0 Å². The Hall–Kier alpha value is -9.29. The maximum Gasteiger partial charge on any atom is 0.112 e. The van der Waals surface area contributed by atoms with Crippen molar-refractivity contribution in [2.24, 2.45) is 0 Å². The third kappa shape index (κ3) is 18.9. The van der Waals surface area contributed by atoms with Gasteiger partial charge in [-0.25, -0.2) is 0 Å². The van der Waals surface area contributed by atoms with Crippen LogP contribution in [0.2, 0.25) is 52.4 Å². The van der Waals surface area contributed by atoms with Crippen LogP contribution in [0.4, 0.5) is 45.5 Å². The first-order valence-electron chi connectivity index (χ1n) is 36.3. The first-order chi connectivity index (χ1) is 48.3. The standard InChI is InChI=1S/2C24H29NSi.2C23H27NSi/c1-18-7-12-22(13-8-18)26(5,6)23-14-10-21(11-15-23)25(4)24-16-9-19(2)17-20(24)3;1-18-7-13-23(14-8-18)26(5,6)24-15-11-21(12-16-24)25(4)22-10-9-19(2)20(3)17-22;1-18-6-10-20(11-7-18)24(3)21-12-16-23(17-13-21)25(4,5)22-14-8-19(2)9-15-22;1-18-9-13-22(14-10-18)25(4,5)23-15-11-20(12-16-23)24(3)21-8-6-7-19(2)17-21/h2*7-17H,1-6H3;2*6-17H,1-5H3. The molecule has 0 aliphatic heterocycles. The molecule has 0 saturated carbocycles. The number of rotatable bonds is 16. The molecule has 4 nitrogen and oxygen atoms in total. The van der Waals surface area contributed by atoms with Crippen LogP contribution in [0.5, 0.6) is 0 Å². The maximum absolute atomic E-state index is 2.43. The van der Waals surface area contributed by atoms with Crippen LogP contribution in [0.15, 0.2) is 279 Å². The molecular formula is C94H112N4Si4. The lowest BCUT2D eigenvalue weighted by Crippen LogP contribution is -2.52. The molecule has 0 spiro atoms. The highest BCUT2D eigenvalue weighted by Crippen LogP contribution is 2.30. The van der Waals surface area contributed by atoms with Crippen LogP contribution in [0, 0.1) is 69.2 Å². The van der Waals surface area contributed by atoms with Gasteiger partial charge in [0.2, 0.25) is 0 Å². The fourth-order valence-electron chi connectivity index (χ4n) is 13.3. The highest BCUT2D eigenvalue weighted by Gasteiger charge is 2.30. The summed E-state index contributed by atoms with van der Waals surface area (Å²) in [6, 6.07) is 103. The van der Waals surface area contributed by atoms with Crippen molar-refractivity contribution in [2.45, 2.75) is 122 Å². The Balaban J connectivity index is 0.000000158. The lowest BCUT2D eigenvalue weighted by Gasteiger charge is -2.26. The summed E-state index contributed by atoms with van der Waals surface area (Å²) in [7, 11) is 1.96. The predicted octanol–water partition coefficient (Wildman–Crippen LogP) is 20.2. The molecule has 12 aromatic rings. The topological polar surface area (TPSA) is 13.0 Å². The van der Waals surface area contributed by atoms with Crippen molar-refractivity contribution >= 4 is 119 Å². The third-order valence-corrected chi connectivity index (χ3v) is 35.6. The smallest absolute Gasteiger partial charge is 0.112 e. The van der Waals surface area contributed by atoms with Gasteiger partial charge in [0.25, 0.3) is 0 Å². The molecule has 12 aromatic carbocycles. The normalized spacial score (nSPS) is 11.4. The average Bonchev–Trinajstić information content (AvgIpc) is 0.811. The number of aryl methyl sites for hydroxylation is 10. The van der Waals surface area contributed by atoms with Crippen molar-refractivity contribution in [1.82, 2.24) is 0 Å². The largest absolute Gasteiger partial charge is 0.345 e. The van der Waals surface area contributed by atoms with E-state index < -0.39 is 32.3 Å². The van der Waals surface area contributed by atoms with E-state index in [0.717, 1.165) is 0 Å². The van der Waals surface area contributed by atoms with Gasteiger partial charge < -0.3 is 19.6 Å². The Morgan fingerprint density at radius 1 is 0.176 bits per heavy atom. The monoisotopic (exact) mass is 1410 g/mol. The van der Waals surface area contributed by atoms with Crippen molar-refractivity contribution in [3.8, 4) is 0 Å². The first-order valence-corrected chi connectivity index (χ1v) is 48.3. The number of anilines is 8. The minimum Gasteiger partial charge on any atom is -0.345 e. The van der Waals surface area contributed by atoms with Gasteiger partial charge in [-0.2, -0.15) is 0 Å². The van der Waals surface area contributed by atoms with Gasteiger partial charge in [-0.05, 0) is 182 Å². The summed E-state index contributed by atoms with van der Waals surface area (Å²) in [5.41, 5.74) is 23.0. The SMILES string of the molecule is Cc1ccc(N(C)c2ccc([Si](C)(C)c3ccc(C)cc3)cc2)cc1.Cc1ccc([Si](C)(C)c2ccc(N(C)c3ccc(C)c(C)c3)cc2)cc1.Cc1ccc([Si](C)(C)c2ccc(N(C)c3ccc(C)cc3C)cc2)cc1.Cc1ccc([Si](C)(C)c2ccc(N(C)c3cccc(C)c3)cc2)cc1. The minimum atomic E-state index is -1.65. The molecule has 0 unspecified atom stereocenters. The molecule has 8 heteroatoms. The van der Waals surface area contributed by atoms with Crippen LogP contribution >= 0.6 is 0 Å². The molecule has 0 aliphatic carbocycles. The second kappa shape index (κ2) is 33.2. The fourth-order valence-corrected chi connectivity index (χ4v) is 22.6. The number of hydrogen-bond donors (Lipinski definition) is 0. The van der Waals surface area contributed by atoms with E-state index >= 15 is 0 Å². The van der Waals surface area contributed by atoms with Crippen molar-refractivity contribution in [3.05, 3.63) is 335 Å². The fraction of sp³-hybridized carbons (Fsp3) is 0.234. The van der Waals surface area contributed by atoms with Crippen LogP contribution in [0.1, 0.15) is 55.6 Å². The van der Waals surface area contributed by atoms with Gasteiger partial charge in [0.15, 0.2) is 0 Å². The molecule has 0 amide bonds. The highest BCUT2D eigenvalue weighted by atomic mass is 28.3. The zero-order valence-corrected chi connectivity index (χ0v) is 69.3. The van der Waals surface area contributed by atoms with Gasteiger partial charge in [0, 0.05) is 73.7 Å². The molecule has 0 bridgehead atoms. The lowest BCUT2D eigenvalue weighted by molar-refractivity contribution is 1.18. The van der Waals surface area contributed by atoms with Gasteiger partial charge in [-0.15, -0.1) is 0 Å². The Kier molecular flexibility index (Phi) is 25.0. The number of nitrogens with zero attached hydrogens (tertiary/aromatic N) is 4. The van der Waals surface area contributed by atoms with Crippen LogP contribution in [-0.2, 0) is 0 Å². The van der Waals surface area contributed by atoms with E-state index in [4.69, 9.17) is 0 Å². The first kappa shape index (κ1) is 76.9. The quantitative estimate of drug-likeness (QED) is 0.0894. The third-order valence-electron chi connectivity index (χ3n) is 21.4. The molecule has 102 heavy (non-hydrogen) atoms. The van der Waals surface area contributed by atoms with Crippen LogP contribution in [0.25, 0.3) is 0 Å². The minimum absolute atomic E-state index is 1.22. The summed E-state index contributed by atoms with van der Waals surface area (Å²) in [5, 5.41) is 11.8. The Bertz CT molecular complexity index is 4680. The lowest BCUT2D eigenvalue weighted by atomic mass is 10.1. The van der Waals surface area contributed by atoms with E-state index in [1.807, 2.05) is 0 Å².